The van der Waals surface area contributed by atoms with Gasteiger partial charge in [-0.15, -0.1) is 0 Å². The zero-order valence-electron chi connectivity index (χ0n) is 11.1. The smallest absolute Gasteiger partial charge is 0.0991 e. The largest absolute Gasteiger partial charge is 0.312 e. The van der Waals surface area contributed by atoms with Gasteiger partial charge < -0.3 is 5.32 Å². The minimum Gasteiger partial charge on any atom is -0.312 e. The van der Waals surface area contributed by atoms with Gasteiger partial charge in [-0.2, -0.15) is 5.26 Å². The highest BCUT2D eigenvalue weighted by atomic mass is 14.9. The number of hydrogen-bond acceptors (Lipinski definition) is 2. The Bertz CT molecular complexity index is 538. The fourth-order valence-corrected chi connectivity index (χ4v) is 2.03. The summed E-state index contributed by atoms with van der Waals surface area (Å²) in [5, 5.41) is 12.2. The molecule has 0 amide bonds. The first-order valence-electron chi connectivity index (χ1n) is 6.54. The fourth-order valence-electron chi connectivity index (χ4n) is 2.03. The zero-order chi connectivity index (χ0) is 13.5. The van der Waals surface area contributed by atoms with Gasteiger partial charge in [-0.1, -0.05) is 49.4 Å². The van der Waals surface area contributed by atoms with Crippen molar-refractivity contribution in [3.8, 4) is 6.07 Å². The van der Waals surface area contributed by atoms with E-state index in [9.17, 15) is 0 Å². The maximum Gasteiger partial charge on any atom is 0.0991 e. The van der Waals surface area contributed by atoms with Gasteiger partial charge in [0.1, 0.15) is 0 Å². The van der Waals surface area contributed by atoms with Crippen molar-refractivity contribution >= 4 is 0 Å². The molecule has 1 atom stereocenters. The van der Waals surface area contributed by atoms with Crippen LogP contribution in [0.3, 0.4) is 0 Å². The molecule has 2 aromatic carbocycles. The van der Waals surface area contributed by atoms with Crippen molar-refractivity contribution in [3.63, 3.8) is 0 Å². The molecule has 2 rings (SSSR count). The lowest BCUT2D eigenvalue weighted by Crippen LogP contribution is -2.19. The molecule has 0 bridgehead atoms. The Labute approximate surface area is 114 Å². The minimum absolute atomic E-state index is 0.441. The summed E-state index contributed by atoms with van der Waals surface area (Å²) >= 11 is 0. The second-order valence-electron chi connectivity index (χ2n) is 4.75. The van der Waals surface area contributed by atoms with Crippen LogP contribution < -0.4 is 5.32 Å². The molecule has 2 nitrogen and oxygen atoms in total. The number of hydrogen-bond donors (Lipinski definition) is 1. The summed E-state index contributed by atoms with van der Waals surface area (Å²) in [6.07, 6.45) is 0. The number of rotatable bonds is 5. The lowest BCUT2D eigenvalue weighted by Gasteiger charge is -2.13. The molecule has 0 saturated heterocycles. The molecule has 1 unspecified atom stereocenters. The number of benzene rings is 2. The molecule has 0 radical (unpaired) electrons. The summed E-state index contributed by atoms with van der Waals surface area (Å²) in [4.78, 5) is 0. The van der Waals surface area contributed by atoms with E-state index in [1.54, 1.807) is 0 Å². The Balaban J connectivity index is 1.84. The molecule has 1 N–H and O–H groups in total. The Morgan fingerprint density at radius 3 is 2.37 bits per heavy atom. The van der Waals surface area contributed by atoms with Gasteiger partial charge in [-0.05, 0) is 29.2 Å². The molecule has 0 heterocycles. The van der Waals surface area contributed by atoms with Crippen molar-refractivity contribution in [2.75, 3.05) is 6.54 Å². The first-order chi connectivity index (χ1) is 9.29. The van der Waals surface area contributed by atoms with E-state index in [4.69, 9.17) is 5.26 Å². The highest BCUT2D eigenvalue weighted by Crippen LogP contribution is 2.15. The average molecular weight is 250 g/mol. The second kappa shape index (κ2) is 6.72. The van der Waals surface area contributed by atoms with E-state index in [0.717, 1.165) is 13.1 Å². The first kappa shape index (κ1) is 13.3. The van der Waals surface area contributed by atoms with Crippen LogP contribution >= 0.6 is 0 Å². The molecule has 0 saturated carbocycles. The summed E-state index contributed by atoms with van der Waals surface area (Å²) < 4.78 is 0. The number of nitrogens with one attached hydrogen (secondary N) is 1. The third-order valence-corrected chi connectivity index (χ3v) is 3.23. The van der Waals surface area contributed by atoms with Crippen LogP contribution in [0, 0.1) is 11.3 Å². The van der Waals surface area contributed by atoms with Crippen LogP contribution in [0.25, 0.3) is 0 Å². The summed E-state index contributed by atoms with van der Waals surface area (Å²) in [5.74, 6) is 0.441. The van der Waals surface area contributed by atoms with Crippen molar-refractivity contribution in [1.29, 1.82) is 5.26 Å². The van der Waals surface area contributed by atoms with Gasteiger partial charge in [-0.25, -0.2) is 0 Å². The maximum absolute atomic E-state index is 8.77. The van der Waals surface area contributed by atoms with Gasteiger partial charge in [0.25, 0.3) is 0 Å². The molecule has 0 aliphatic heterocycles. The van der Waals surface area contributed by atoms with Crippen LogP contribution in [0.5, 0.6) is 0 Å². The average Bonchev–Trinajstić information content (AvgIpc) is 2.48. The molecule has 0 aromatic heterocycles. The number of nitrogens with zero attached hydrogens (tertiary/aromatic N) is 1. The van der Waals surface area contributed by atoms with E-state index < -0.39 is 0 Å². The third-order valence-electron chi connectivity index (χ3n) is 3.23. The molecule has 0 aliphatic carbocycles. The van der Waals surface area contributed by atoms with Crippen molar-refractivity contribution in [2.24, 2.45) is 0 Å². The van der Waals surface area contributed by atoms with Gasteiger partial charge in [0.05, 0.1) is 11.6 Å². The molecule has 2 aromatic rings. The quantitative estimate of drug-likeness (QED) is 0.882. The van der Waals surface area contributed by atoms with E-state index in [-0.39, 0.29) is 0 Å². The van der Waals surface area contributed by atoms with E-state index in [1.807, 2.05) is 30.3 Å². The molecule has 0 spiro atoms. The van der Waals surface area contributed by atoms with Crippen molar-refractivity contribution in [1.82, 2.24) is 5.32 Å². The third kappa shape index (κ3) is 3.94. The van der Waals surface area contributed by atoms with Crippen LogP contribution in [0.1, 0.15) is 29.5 Å². The topological polar surface area (TPSA) is 35.8 Å². The highest BCUT2D eigenvalue weighted by Gasteiger charge is 2.04. The number of nitriles is 1. The highest BCUT2D eigenvalue weighted by molar-refractivity contribution is 5.33. The van der Waals surface area contributed by atoms with Crippen LogP contribution in [-0.4, -0.2) is 6.54 Å². The van der Waals surface area contributed by atoms with E-state index in [0.29, 0.717) is 11.5 Å². The molecule has 96 valence electrons. The zero-order valence-corrected chi connectivity index (χ0v) is 11.1. The minimum atomic E-state index is 0.441. The summed E-state index contributed by atoms with van der Waals surface area (Å²) in [7, 11) is 0. The lowest BCUT2D eigenvalue weighted by molar-refractivity contribution is 0.615. The fraction of sp³-hybridized carbons (Fsp3) is 0.235. The Morgan fingerprint density at radius 2 is 1.74 bits per heavy atom. The van der Waals surface area contributed by atoms with Crippen molar-refractivity contribution < 1.29 is 0 Å². The van der Waals surface area contributed by atoms with Crippen LogP contribution in [0.2, 0.25) is 0 Å². The standard InChI is InChI=1S/C17H18N2/c1-14(17-9-7-15(11-18)8-10-17)12-19-13-16-5-3-2-4-6-16/h2-10,14,19H,12-13H2,1H3. The molecule has 0 fully saturated rings. The second-order valence-corrected chi connectivity index (χ2v) is 4.75. The Hall–Kier alpha value is -2.11. The monoisotopic (exact) mass is 250 g/mol. The van der Waals surface area contributed by atoms with E-state index in [2.05, 4.69) is 42.6 Å². The molecule has 0 aliphatic rings. The Morgan fingerprint density at radius 1 is 1.05 bits per heavy atom. The molecular formula is C17H18N2. The molecule has 2 heteroatoms. The van der Waals surface area contributed by atoms with Crippen LogP contribution in [-0.2, 0) is 6.54 Å². The Kier molecular flexibility index (Phi) is 4.72. The summed E-state index contributed by atoms with van der Waals surface area (Å²) in [5.41, 5.74) is 3.28. The van der Waals surface area contributed by atoms with Gasteiger partial charge in [-0.3, -0.25) is 0 Å². The maximum atomic E-state index is 8.77. The van der Waals surface area contributed by atoms with Crippen LogP contribution in [0.15, 0.2) is 54.6 Å². The van der Waals surface area contributed by atoms with Gasteiger partial charge in [0, 0.05) is 13.1 Å². The predicted octanol–water partition coefficient (Wildman–Crippen LogP) is 3.45. The SMILES string of the molecule is CC(CNCc1ccccc1)c1ccc(C#N)cc1. The van der Waals surface area contributed by atoms with E-state index in [1.165, 1.54) is 11.1 Å². The van der Waals surface area contributed by atoms with E-state index >= 15 is 0 Å². The predicted molar refractivity (Wildman–Crippen MR) is 77.7 cm³/mol. The summed E-state index contributed by atoms with van der Waals surface area (Å²) in [6.45, 7) is 4.02. The van der Waals surface area contributed by atoms with Crippen molar-refractivity contribution in [2.45, 2.75) is 19.4 Å². The summed E-state index contributed by atoms with van der Waals surface area (Å²) in [6, 6.07) is 20.4. The molecular weight excluding hydrogens is 232 g/mol. The normalized spacial score (nSPS) is 11.8. The van der Waals surface area contributed by atoms with Gasteiger partial charge in [0.15, 0.2) is 0 Å². The molecule has 19 heavy (non-hydrogen) atoms. The van der Waals surface area contributed by atoms with Gasteiger partial charge >= 0.3 is 0 Å². The van der Waals surface area contributed by atoms with Crippen LogP contribution in [0.4, 0.5) is 0 Å². The first-order valence-corrected chi connectivity index (χ1v) is 6.54. The van der Waals surface area contributed by atoms with Crippen molar-refractivity contribution in [3.05, 3.63) is 71.3 Å². The lowest BCUT2D eigenvalue weighted by atomic mass is 10.00. The van der Waals surface area contributed by atoms with Gasteiger partial charge in [0.2, 0.25) is 0 Å².